The van der Waals surface area contributed by atoms with Gasteiger partial charge in [-0.15, -0.1) is 0 Å². The number of benzene rings is 2. The number of carbonyl (C=O) groups excluding carboxylic acids is 1. The molecular formula is C19H24N3O5S+. The fourth-order valence-corrected chi connectivity index (χ4v) is 3.42. The highest BCUT2D eigenvalue weighted by atomic mass is 32.2. The zero-order valence-corrected chi connectivity index (χ0v) is 16.5. The number of hydrogen-bond donors (Lipinski definition) is 3. The second-order valence-corrected chi connectivity index (χ2v) is 8.39. The number of nitrogens with one attached hydrogen (secondary N) is 2. The Morgan fingerprint density at radius 3 is 2.50 bits per heavy atom. The lowest BCUT2D eigenvalue weighted by molar-refractivity contribution is -0.896. The molecule has 8 nitrogen and oxygen atoms in total. The van der Waals surface area contributed by atoms with Gasteiger partial charge in [0.05, 0.1) is 11.9 Å². The molecule has 0 aliphatic carbocycles. The van der Waals surface area contributed by atoms with Gasteiger partial charge in [0.2, 0.25) is 10.0 Å². The fourth-order valence-electron chi connectivity index (χ4n) is 2.90. The van der Waals surface area contributed by atoms with Crippen molar-refractivity contribution in [3.8, 4) is 11.5 Å². The Labute approximate surface area is 164 Å². The van der Waals surface area contributed by atoms with Gasteiger partial charge in [0.1, 0.15) is 13.2 Å². The van der Waals surface area contributed by atoms with Crippen LogP contribution in [0.4, 0.5) is 5.69 Å². The van der Waals surface area contributed by atoms with Crippen LogP contribution in [0, 0.1) is 0 Å². The number of hydrogen-bond acceptors (Lipinski definition) is 5. The number of sulfonamides is 1. The minimum atomic E-state index is -3.76. The molecule has 1 aliphatic heterocycles. The maximum atomic E-state index is 12.5. The first-order valence-corrected chi connectivity index (χ1v) is 10.4. The van der Waals surface area contributed by atoms with E-state index in [4.69, 9.17) is 14.6 Å². The number of likely N-dealkylation sites (N-methyl/N-ethyl adjacent to an activating group) is 1. The average Bonchev–Trinajstić information content (AvgIpc) is 2.67. The lowest BCUT2D eigenvalue weighted by Gasteiger charge is -2.29. The van der Waals surface area contributed by atoms with E-state index in [0.717, 1.165) is 10.6 Å². The molecule has 0 aromatic heterocycles. The number of nitrogens with two attached hydrogens (primary N) is 1. The monoisotopic (exact) mass is 406 g/mol. The van der Waals surface area contributed by atoms with Crippen LogP contribution < -0.4 is 24.8 Å². The van der Waals surface area contributed by atoms with E-state index >= 15 is 0 Å². The topological polar surface area (TPSA) is 112 Å². The van der Waals surface area contributed by atoms with Gasteiger partial charge in [-0.1, -0.05) is 12.1 Å². The molecule has 3 rings (SSSR count). The van der Waals surface area contributed by atoms with E-state index in [2.05, 4.69) is 5.32 Å². The van der Waals surface area contributed by atoms with Crippen molar-refractivity contribution < 1.29 is 27.6 Å². The molecule has 4 N–H and O–H groups in total. The Morgan fingerprint density at radius 2 is 1.86 bits per heavy atom. The molecule has 1 heterocycles. The quantitative estimate of drug-likeness (QED) is 0.626. The van der Waals surface area contributed by atoms with Gasteiger partial charge in [0.25, 0.3) is 5.91 Å². The number of quaternary nitrogens is 1. The SMILES string of the molecule is C[C@@H](C(=O)Nc1ccc(S(N)(=O)=O)cc1)[NH+](C)C[C@@H]1COc2ccccc2O1. The van der Waals surface area contributed by atoms with Gasteiger partial charge in [-0.25, -0.2) is 13.6 Å². The van der Waals surface area contributed by atoms with Gasteiger partial charge in [-0.2, -0.15) is 0 Å². The van der Waals surface area contributed by atoms with Crippen molar-refractivity contribution in [2.24, 2.45) is 5.14 Å². The summed E-state index contributed by atoms with van der Waals surface area (Å²) < 4.78 is 34.3. The molecule has 0 fully saturated rings. The highest BCUT2D eigenvalue weighted by Gasteiger charge is 2.29. The fraction of sp³-hybridized carbons (Fsp3) is 0.316. The van der Waals surface area contributed by atoms with Crippen LogP contribution in [0.5, 0.6) is 11.5 Å². The van der Waals surface area contributed by atoms with Gasteiger partial charge in [0.15, 0.2) is 23.6 Å². The average molecular weight is 406 g/mol. The second-order valence-electron chi connectivity index (χ2n) is 6.83. The standard InChI is InChI=1S/C19H23N3O5S/c1-13(19(23)21-14-7-9-16(10-8-14)28(20,24)25)22(2)11-15-12-26-17-5-3-4-6-18(17)27-15/h3-10,13,15H,11-12H2,1-2H3,(H,21,23)(H2,20,24,25)/p+1/t13-,15+/m0/s1. The third-order valence-corrected chi connectivity index (χ3v) is 5.63. The van der Waals surface area contributed by atoms with Crippen LogP contribution in [0.1, 0.15) is 6.92 Å². The molecule has 2 aromatic rings. The van der Waals surface area contributed by atoms with E-state index in [0.29, 0.717) is 24.6 Å². The molecule has 9 heteroatoms. The van der Waals surface area contributed by atoms with Gasteiger partial charge in [-0.05, 0) is 43.3 Å². The first-order valence-electron chi connectivity index (χ1n) is 8.88. The number of carbonyl (C=O) groups is 1. The summed E-state index contributed by atoms with van der Waals surface area (Å²) in [6.07, 6.45) is -0.154. The maximum Gasteiger partial charge on any atom is 0.282 e. The van der Waals surface area contributed by atoms with Crippen molar-refractivity contribution in [2.45, 2.75) is 24.0 Å². The van der Waals surface area contributed by atoms with Crippen molar-refractivity contribution in [1.29, 1.82) is 0 Å². The van der Waals surface area contributed by atoms with E-state index in [9.17, 15) is 13.2 Å². The number of para-hydroxylation sites is 2. The molecule has 1 unspecified atom stereocenters. The van der Waals surface area contributed by atoms with Gasteiger partial charge in [-0.3, -0.25) is 4.79 Å². The molecule has 28 heavy (non-hydrogen) atoms. The van der Waals surface area contributed by atoms with Crippen LogP contribution in [-0.2, 0) is 14.8 Å². The van der Waals surface area contributed by atoms with Gasteiger partial charge in [0, 0.05) is 5.69 Å². The highest BCUT2D eigenvalue weighted by molar-refractivity contribution is 7.89. The first-order chi connectivity index (χ1) is 13.2. The minimum absolute atomic E-state index is 0.00369. The number of rotatable bonds is 6. The number of amides is 1. The molecule has 2 aromatic carbocycles. The summed E-state index contributed by atoms with van der Waals surface area (Å²) in [5.41, 5.74) is 0.503. The summed E-state index contributed by atoms with van der Waals surface area (Å²) in [7, 11) is -1.84. The van der Waals surface area contributed by atoms with E-state index in [1.807, 2.05) is 38.2 Å². The van der Waals surface area contributed by atoms with Crippen LogP contribution in [0.25, 0.3) is 0 Å². The van der Waals surface area contributed by atoms with Gasteiger partial charge >= 0.3 is 0 Å². The molecule has 1 aliphatic rings. The van der Waals surface area contributed by atoms with E-state index in [1.165, 1.54) is 24.3 Å². The predicted octanol–water partition coefficient (Wildman–Crippen LogP) is 0.0157. The Kier molecular flexibility index (Phi) is 5.87. The van der Waals surface area contributed by atoms with Crippen LogP contribution >= 0.6 is 0 Å². The van der Waals surface area contributed by atoms with Crippen molar-refractivity contribution in [2.75, 3.05) is 25.5 Å². The van der Waals surface area contributed by atoms with Crippen molar-refractivity contribution >= 4 is 21.6 Å². The summed E-state index contributed by atoms with van der Waals surface area (Å²) in [6, 6.07) is 12.9. The Morgan fingerprint density at radius 1 is 1.21 bits per heavy atom. The highest BCUT2D eigenvalue weighted by Crippen LogP contribution is 2.30. The largest absolute Gasteiger partial charge is 0.486 e. The van der Waals surface area contributed by atoms with E-state index in [1.54, 1.807) is 0 Å². The molecule has 0 saturated heterocycles. The Balaban J connectivity index is 1.56. The number of anilines is 1. The number of fused-ring (bicyclic) bond motifs is 1. The number of primary sulfonamides is 1. The second kappa shape index (κ2) is 8.17. The van der Waals surface area contributed by atoms with Crippen molar-refractivity contribution in [3.63, 3.8) is 0 Å². The maximum absolute atomic E-state index is 12.5. The molecule has 1 amide bonds. The molecule has 0 bridgehead atoms. The summed E-state index contributed by atoms with van der Waals surface area (Å²) in [5, 5.41) is 7.86. The minimum Gasteiger partial charge on any atom is -0.486 e. The third kappa shape index (κ3) is 4.80. The summed E-state index contributed by atoms with van der Waals surface area (Å²) in [5.74, 6) is 1.25. The van der Waals surface area contributed by atoms with Crippen LogP contribution in [0.15, 0.2) is 53.4 Å². The zero-order valence-electron chi connectivity index (χ0n) is 15.7. The molecule has 0 saturated carbocycles. The predicted molar refractivity (Wildman–Crippen MR) is 104 cm³/mol. The van der Waals surface area contributed by atoms with Crippen molar-refractivity contribution in [1.82, 2.24) is 0 Å². The van der Waals surface area contributed by atoms with Crippen LogP contribution in [-0.4, -0.2) is 46.7 Å². The first kappa shape index (κ1) is 20.1. The third-order valence-electron chi connectivity index (χ3n) is 4.70. The van der Waals surface area contributed by atoms with Crippen LogP contribution in [0.3, 0.4) is 0 Å². The van der Waals surface area contributed by atoms with Crippen LogP contribution in [0.2, 0.25) is 0 Å². The molecular weight excluding hydrogens is 382 g/mol. The summed E-state index contributed by atoms with van der Waals surface area (Å²) in [6.45, 7) is 2.84. The number of ether oxygens (including phenoxy) is 2. The van der Waals surface area contributed by atoms with Gasteiger partial charge < -0.3 is 19.7 Å². The lowest BCUT2D eigenvalue weighted by Crippen LogP contribution is -3.15. The normalized spacial score (nSPS) is 18.2. The zero-order chi connectivity index (χ0) is 20.3. The Hall–Kier alpha value is -2.62. The smallest absolute Gasteiger partial charge is 0.282 e. The van der Waals surface area contributed by atoms with Crippen molar-refractivity contribution in [3.05, 3.63) is 48.5 Å². The molecule has 0 spiro atoms. The molecule has 3 atom stereocenters. The molecule has 0 radical (unpaired) electrons. The summed E-state index contributed by atoms with van der Waals surface area (Å²) >= 11 is 0. The van der Waals surface area contributed by atoms with E-state index < -0.39 is 10.0 Å². The molecule has 150 valence electrons. The van der Waals surface area contributed by atoms with E-state index in [-0.39, 0.29) is 22.9 Å². The lowest BCUT2D eigenvalue weighted by atomic mass is 10.2. The summed E-state index contributed by atoms with van der Waals surface area (Å²) in [4.78, 5) is 13.5. The Bertz CT molecular complexity index is 946.